The molecule has 3 aromatic rings. The van der Waals surface area contributed by atoms with E-state index in [1.165, 1.54) is 4.68 Å². The van der Waals surface area contributed by atoms with E-state index in [-0.39, 0.29) is 29.8 Å². The molecule has 0 N–H and O–H groups in total. The summed E-state index contributed by atoms with van der Waals surface area (Å²) in [6.45, 7) is 5.38. The van der Waals surface area contributed by atoms with Gasteiger partial charge in [0.2, 0.25) is 5.91 Å². The van der Waals surface area contributed by atoms with Crippen LogP contribution in [0.4, 0.5) is 0 Å². The molecule has 3 heterocycles. The maximum absolute atomic E-state index is 13.4. The molecular formula is C24H28N4O2. The quantitative estimate of drug-likeness (QED) is 0.650. The Bertz CT molecular complexity index is 1090. The van der Waals surface area contributed by atoms with Crippen LogP contribution in [0.15, 0.2) is 53.6 Å². The highest BCUT2D eigenvalue weighted by Crippen LogP contribution is 2.31. The van der Waals surface area contributed by atoms with E-state index in [1.54, 1.807) is 6.20 Å². The van der Waals surface area contributed by atoms with Gasteiger partial charge in [0.05, 0.1) is 23.5 Å². The highest BCUT2D eigenvalue weighted by molar-refractivity contribution is 5.88. The van der Waals surface area contributed by atoms with Crippen LogP contribution in [0.2, 0.25) is 0 Å². The van der Waals surface area contributed by atoms with Crippen LogP contribution in [-0.4, -0.2) is 32.1 Å². The fourth-order valence-electron chi connectivity index (χ4n) is 4.30. The third-order valence-electron chi connectivity index (χ3n) is 5.69. The summed E-state index contributed by atoms with van der Waals surface area (Å²) in [6, 6.07) is 11.5. The highest BCUT2D eigenvalue weighted by Gasteiger charge is 2.29. The zero-order chi connectivity index (χ0) is 21.1. The summed E-state index contributed by atoms with van der Waals surface area (Å²) in [5.74, 6) is 0.341. The summed E-state index contributed by atoms with van der Waals surface area (Å²) in [5.41, 5.74) is 1.65. The van der Waals surface area contributed by atoms with Crippen LogP contribution >= 0.6 is 0 Å². The molecule has 4 rings (SSSR count). The second kappa shape index (κ2) is 8.78. The number of carbonyl (C=O) groups excluding carboxylic acids is 1. The molecule has 0 aliphatic carbocycles. The van der Waals surface area contributed by atoms with Crippen molar-refractivity contribution >= 4 is 16.7 Å². The van der Waals surface area contributed by atoms with E-state index in [4.69, 9.17) is 0 Å². The monoisotopic (exact) mass is 404 g/mol. The first-order valence-corrected chi connectivity index (χ1v) is 10.7. The molecule has 6 heteroatoms. The third-order valence-corrected chi connectivity index (χ3v) is 5.69. The fourth-order valence-corrected chi connectivity index (χ4v) is 4.30. The molecule has 1 fully saturated rings. The van der Waals surface area contributed by atoms with Gasteiger partial charge in [-0.15, -0.1) is 0 Å². The van der Waals surface area contributed by atoms with Crippen LogP contribution in [0.3, 0.4) is 0 Å². The third kappa shape index (κ3) is 4.13. The topological polar surface area (TPSA) is 68.1 Å². The van der Waals surface area contributed by atoms with Gasteiger partial charge in [0.15, 0.2) is 0 Å². The van der Waals surface area contributed by atoms with Crippen molar-refractivity contribution in [2.24, 2.45) is 5.92 Å². The largest absolute Gasteiger partial charge is 0.335 e. The van der Waals surface area contributed by atoms with Crippen molar-refractivity contribution in [1.82, 2.24) is 19.7 Å². The number of likely N-dealkylation sites (tertiary alicyclic amines) is 1. The summed E-state index contributed by atoms with van der Waals surface area (Å²) in [6.07, 6.45) is 6.85. The number of hydrogen-bond donors (Lipinski definition) is 0. The number of benzene rings is 1. The van der Waals surface area contributed by atoms with Gasteiger partial charge in [-0.25, -0.2) is 4.68 Å². The van der Waals surface area contributed by atoms with Crippen molar-refractivity contribution in [3.63, 3.8) is 0 Å². The van der Waals surface area contributed by atoms with E-state index in [2.05, 4.69) is 23.9 Å². The van der Waals surface area contributed by atoms with Gasteiger partial charge in [0, 0.05) is 30.9 Å². The predicted molar refractivity (Wildman–Crippen MR) is 117 cm³/mol. The smallest absolute Gasteiger partial charge is 0.274 e. The van der Waals surface area contributed by atoms with Crippen molar-refractivity contribution in [2.75, 3.05) is 6.54 Å². The van der Waals surface area contributed by atoms with E-state index >= 15 is 0 Å². The van der Waals surface area contributed by atoms with Crippen molar-refractivity contribution in [2.45, 2.75) is 52.1 Å². The SMILES string of the molecule is CC(C)Cn1nc(CC(=O)N2CCCC[C@@H]2c2cccnc2)c2ccccc2c1=O. The molecule has 1 amide bonds. The molecule has 1 aliphatic rings. The molecule has 1 aliphatic heterocycles. The van der Waals surface area contributed by atoms with E-state index < -0.39 is 0 Å². The van der Waals surface area contributed by atoms with Crippen LogP contribution < -0.4 is 5.56 Å². The Kier molecular flexibility index (Phi) is 5.93. The Morgan fingerprint density at radius 1 is 1.13 bits per heavy atom. The molecule has 0 bridgehead atoms. The minimum atomic E-state index is -0.0956. The minimum Gasteiger partial charge on any atom is -0.335 e. The van der Waals surface area contributed by atoms with E-state index in [1.807, 2.05) is 47.5 Å². The van der Waals surface area contributed by atoms with Gasteiger partial charge < -0.3 is 4.90 Å². The number of amides is 1. The lowest BCUT2D eigenvalue weighted by Crippen LogP contribution is -2.40. The maximum atomic E-state index is 13.4. The molecule has 2 aromatic heterocycles. The number of fused-ring (bicyclic) bond motifs is 1. The Morgan fingerprint density at radius 2 is 1.93 bits per heavy atom. The number of carbonyl (C=O) groups is 1. The van der Waals surface area contributed by atoms with Gasteiger partial charge in [-0.1, -0.05) is 38.1 Å². The van der Waals surface area contributed by atoms with E-state index in [0.29, 0.717) is 17.6 Å². The molecule has 1 atom stereocenters. The zero-order valence-electron chi connectivity index (χ0n) is 17.6. The summed E-state index contributed by atoms with van der Waals surface area (Å²) in [4.78, 5) is 32.4. The van der Waals surface area contributed by atoms with Crippen molar-refractivity contribution in [3.05, 3.63) is 70.4 Å². The summed E-state index contributed by atoms with van der Waals surface area (Å²) < 4.78 is 1.52. The number of hydrogen-bond acceptors (Lipinski definition) is 4. The fraction of sp³-hybridized carbons (Fsp3) is 0.417. The summed E-state index contributed by atoms with van der Waals surface area (Å²) in [5, 5.41) is 6.01. The Morgan fingerprint density at radius 3 is 2.67 bits per heavy atom. The average molecular weight is 405 g/mol. The van der Waals surface area contributed by atoms with Gasteiger partial charge in [-0.05, 0) is 42.9 Å². The molecule has 6 nitrogen and oxygen atoms in total. The number of aromatic nitrogens is 3. The Hall–Kier alpha value is -3.02. The molecule has 0 unspecified atom stereocenters. The van der Waals surface area contributed by atoms with Gasteiger partial charge in [-0.3, -0.25) is 14.6 Å². The van der Waals surface area contributed by atoms with Gasteiger partial charge in [0.1, 0.15) is 0 Å². The first-order valence-electron chi connectivity index (χ1n) is 10.7. The molecule has 1 aromatic carbocycles. The number of piperidine rings is 1. The standard InChI is InChI=1S/C24H28N4O2/c1-17(2)16-28-24(30)20-10-4-3-9-19(20)21(26-28)14-23(29)27-13-6-5-11-22(27)18-8-7-12-25-15-18/h3-4,7-10,12,15,17,22H,5-6,11,13-14,16H2,1-2H3/t22-/m1/s1. The lowest BCUT2D eigenvalue weighted by Gasteiger charge is -2.36. The van der Waals surface area contributed by atoms with Crippen LogP contribution in [0, 0.1) is 5.92 Å². The average Bonchev–Trinajstić information content (AvgIpc) is 2.77. The first kappa shape index (κ1) is 20.3. The predicted octanol–water partition coefficient (Wildman–Crippen LogP) is 3.74. The number of pyridine rings is 1. The second-order valence-electron chi connectivity index (χ2n) is 8.44. The molecule has 1 saturated heterocycles. The maximum Gasteiger partial charge on any atom is 0.274 e. The van der Waals surface area contributed by atoms with Crippen molar-refractivity contribution < 1.29 is 4.79 Å². The Balaban J connectivity index is 1.68. The normalized spacial score (nSPS) is 16.9. The van der Waals surface area contributed by atoms with E-state index in [9.17, 15) is 9.59 Å². The molecule has 0 spiro atoms. The van der Waals surface area contributed by atoms with E-state index in [0.717, 1.165) is 36.8 Å². The lowest BCUT2D eigenvalue weighted by molar-refractivity contribution is -0.134. The number of rotatable bonds is 5. The summed E-state index contributed by atoms with van der Waals surface area (Å²) >= 11 is 0. The zero-order valence-corrected chi connectivity index (χ0v) is 17.6. The lowest BCUT2D eigenvalue weighted by atomic mass is 9.95. The molecule has 0 radical (unpaired) electrons. The minimum absolute atomic E-state index is 0.0489. The molecule has 0 saturated carbocycles. The summed E-state index contributed by atoms with van der Waals surface area (Å²) in [7, 11) is 0. The van der Waals surface area contributed by atoms with Crippen molar-refractivity contribution in [1.29, 1.82) is 0 Å². The van der Waals surface area contributed by atoms with Gasteiger partial charge in [-0.2, -0.15) is 5.10 Å². The molecular weight excluding hydrogens is 376 g/mol. The molecule has 30 heavy (non-hydrogen) atoms. The Labute approximate surface area is 176 Å². The second-order valence-corrected chi connectivity index (χ2v) is 8.44. The van der Waals surface area contributed by atoms with Gasteiger partial charge >= 0.3 is 0 Å². The highest BCUT2D eigenvalue weighted by atomic mass is 16.2. The van der Waals surface area contributed by atoms with Crippen molar-refractivity contribution in [3.8, 4) is 0 Å². The first-order chi connectivity index (χ1) is 14.5. The van der Waals surface area contributed by atoms with Crippen LogP contribution in [-0.2, 0) is 17.8 Å². The number of nitrogens with zero attached hydrogens (tertiary/aromatic N) is 4. The molecule has 156 valence electrons. The van der Waals surface area contributed by atoms with Crippen LogP contribution in [0.5, 0.6) is 0 Å². The van der Waals surface area contributed by atoms with Crippen LogP contribution in [0.25, 0.3) is 10.8 Å². The van der Waals surface area contributed by atoms with Crippen LogP contribution in [0.1, 0.15) is 50.4 Å². The van der Waals surface area contributed by atoms with Gasteiger partial charge in [0.25, 0.3) is 5.56 Å².